The van der Waals surface area contributed by atoms with Gasteiger partial charge < -0.3 is 24.8 Å². The molecule has 3 rings (SSSR count). The van der Waals surface area contributed by atoms with Crippen LogP contribution in [0.25, 0.3) is 0 Å². The van der Waals surface area contributed by atoms with Crippen molar-refractivity contribution in [2.24, 2.45) is 16.3 Å². The summed E-state index contributed by atoms with van der Waals surface area (Å²) in [5, 5.41) is 6.96. The van der Waals surface area contributed by atoms with Crippen molar-refractivity contribution in [3.63, 3.8) is 0 Å². The lowest BCUT2D eigenvalue weighted by Gasteiger charge is -2.40. The van der Waals surface area contributed by atoms with Crippen LogP contribution in [0.2, 0.25) is 0 Å². The van der Waals surface area contributed by atoms with E-state index >= 15 is 0 Å². The first kappa shape index (κ1) is 28.3. The van der Waals surface area contributed by atoms with Gasteiger partial charge in [-0.15, -0.1) is 24.0 Å². The Kier molecular flexibility index (Phi) is 12.4. The van der Waals surface area contributed by atoms with Crippen LogP contribution in [0.1, 0.15) is 64.5 Å². The van der Waals surface area contributed by atoms with E-state index in [1.165, 1.54) is 17.5 Å². The Morgan fingerprint density at radius 3 is 2.58 bits per heavy atom. The number of guanidine groups is 1. The highest BCUT2D eigenvalue weighted by atomic mass is 127. The summed E-state index contributed by atoms with van der Waals surface area (Å²) in [5.41, 5.74) is 2.55. The van der Waals surface area contributed by atoms with E-state index in [1.807, 2.05) is 0 Å². The molecule has 2 aliphatic rings. The zero-order chi connectivity index (χ0) is 22.8. The fraction of sp³-hybridized carbons (Fsp3) is 0.731. The van der Waals surface area contributed by atoms with E-state index in [-0.39, 0.29) is 35.5 Å². The average Bonchev–Trinajstić information content (AvgIpc) is 2.80. The third-order valence-corrected chi connectivity index (χ3v) is 6.24. The largest absolute Gasteiger partial charge is 0.381 e. The van der Waals surface area contributed by atoms with Crippen LogP contribution in [0.3, 0.4) is 0 Å². The first-order chi connectivity index (χ1) is 15.5. The van der Waals surface area contributed by atoms with E-state index in [0.29, 0.717) is 25.2 Å². The molecule has 2 unspecified atom stereocenters. The molecular weight excluding hydrogens is 529 g/mol. The molecule has 2 heterocycles. The van der Waals surface area contributed by atoms with Crippen molar-refractivity contribution in [3.8, 4) is 0 Å². The highest BCUT2D eigenvalue weighted by Gasteiger charge is 2.35. The topological polar surface area (TPSA) is 64.1 Å². The molecule has 0 radical (unpaired) electrons. The van der Waals surface area contributed by atoms with Gasteiger partial charge >= 0.3 is 0 Å². The average molecular weight is 574 g/mol. The molecule has 2 saturated heterocycles. The van der Waals surface area contributed by atoms with Crippen LogP contribution in [0, 0.1) is 11.3 Å². The Morgan fingerprint density at radius 1 is 1.09 bits per heavy atom. The quantitative estimate of drug-likeness (QED) is 0.263. The maximum Gasteiger partial charge on any atom is 0.191 e. The molecule has 0 bridgehead atoms. The Bertz CT molecular complexity index is 717. The van der Waals surface area contributed by atoms with E-state index in [1.54, 1.807) is 0 Å². The number of halogens is 1. The van der Waals surface area contributed by atoms with Crippen LogP contribution in [0.4, 0.5) is 0 Å². The van der Waals surface area contributed by atoms with Crippen LogP contribution in [-0.2, 0) is 27.4 Å². The zero-order valence-electron chi connectivity index (χ0n) is 20.9. The number of aliphatic imine (C=N–C) groups is 1. The van der Waals surface area contributed by atoms with Gasteiger partial charge in [0.15, 0.2) is 5.96 Å². The van der Waals surface area contributed by atoms with E-state index in [9.17, 15) is 0 Å². The summed E-state index contributed by atoms with van der Waals surface area (Å²) in [5.74, 6) is 1.37. The summed E-state index contributed by atoms with van der Waals surface area (Å²) < 4.78 is 17.6. The lowest BCUT2D eigenvalue weighted by Crippen LogP contribution is -2.47. The van der Waals surface area contributed by atoms with Crippen molar-refractivity contribution >= 4 is 29.9 Å². The minimum Gasteiger partial charge on any atom is -0.381 e. The molecule has 0 spiro atoms. The summed E-state index contributed by atoms with van der Waals surface area (Å²) in [7, 11) is 0. The fourth-order valence-corrected chi connectivity index (χ4v) is 4.62. The van der Waals surface area contributed by atoms with Crippen molar-refractivity contribution < 1.29 is 14.2 Å². The summed E-state index contributed by atoms with van der Waals surface area (Å²) in [6, 6.07) is 8.57. The van der Waals surface area contributed by atoms with Gasteiger partial charge in [0.05, 0.1) is 25.4 Å². The van der Waals surface area contributed by atoms with Crippen molar-refractivity contribution in [2.45, 2.75) is 78.7 Å². The van der Waals surface area contributed by atoms with Crippen LogP contribution in [0.5, 0.6) is 0 Å². The Hall–Kier alpha value is -0.900. The Morgan fingerprint density at radius 2 is 1.85 bits per heavy atom. The maximum absolute atomic E-state index is 6.14. The lowest BCUT2D eigenvalue weighted by atomic mass is 9.78. The Balaban J connectivity index is 0.00000385. The molecule has 0 saturated carbocycles. The number of hydrogen-bond donors (Lipinski definition) is 2. The number of hydrogen-bond acceptors (Lipinski definition) is 4. The van der Waals surface area contributed by atoms with Crippen molar-refractivity contribution in [2.75, 3.05) is 32.9 Å². The second kappa shape index (κ2) is 14.5. The van der Waals surface area contributed by atoms with Gasteiger partial charge in [0.2, 0.25) is 0 Å². The third kappa shape index (κ3) is 9.70. The smallest absolute Gasteiger partial charge is 0.191 e. The molecule has 2 atom stereocenters. The first-order valence-corrected chi connectivity index (χ1v) is 12.4. The highest BCUT2D eigenvalue weighted by molar-refractivity contribution is 14.0. The summed E-state index contributed by atoms with van der Waals surface area (Å²) in [6.45, 7) is 14.4. The molecule has 0 aliphatic carbocycles. The molecule has 2 aliphatic heterocycles. The maximum atomic E-state index is 6.14. The van der Waals surface area contributed by atoms with E-state index in [0.717, 1.165) is 58.1 Å². The summed E-state index contributed by atoms with van der Waals surface area (Å²) in [6.07, 6.45) is 4.90. The molecule has 0 amide bonds. The molecule has 1 aromatic rings. The highest BCUT2D eigenvalue weighted by Crippen LogP contribution is 2.33. The normalized spacial score (nSPS) is 22.5. The molecule has 6 nitrogen and oxygen atoms in total. The van der Waals surface area contributed by atoms with E-state index in [4.69, 9.17) is 19.2 Å². The van der Waals surface area contributed by atoms with Crippen molar-refractivity contribution in [3.05, 3.63) is 35.4 Å². The summed E-state index contributed by atoms with van der Waals surface area (Å²) >= 11 is 0. The van der Waals surface area contributed by atoms with E-state index < -0.39 is 0 Å². The van der Waals surface area contributed by atoms with Crippen molar-refractivity contribution in [1.29, 1.82) is 0 Å². The van der Waals surface area contributed by atoms with Crippen LogP contribution in [0.15, 0.2) is 29.3 Å². The van der Waals surface area contributed by atoms with Crippen LogP contribution < -0.4 is 10.6 Å². The lowest BCUT2D eigenvalue weighted by molar-refractivity contribution is -0.0835. The molecule has 188 valence electrons. The van der Waals surface area contributed by atoms with Crippen LogP contribution >= 0.6 is 24.0 Å². The van der Waals surface area contributed by atoms with Gasteiger partial charge in [-0.25, -0.2) is 4.99 Å². The molecule has 2 N–H and O–H groups in total. The third-order valence-electron chi connectivity index (χ3n) is 6.24. The standard InChI is InChI=1S/C26H43N3O3.HI/c1-5-27-25(29-18-22-10-7-13-31-24(22)26(2,3)4)28-17-20-8-6-9-21(16-20)19-32-23-11-14-30-15-12-23;/h6,8-9,16,22-24H,5,7,10-15,17-19H2,1-4H3,(H2,27,28,29);1H. The minimum absolute atomic E-state index is 0. The van der Waals surface area contributed by atoms with Gasteiger partial charge in [-0.2, -0.15) is 0 Å². The number of ether oxygens (including phenoxy) is 3. The second-order valence-corrected chi connectivity index (χ2v) is 10.1. The molecule has 2 fully saturated rings. The second-order valence-electron chi connectivity index (χ2n) is 10.1. The monoisotopic (exact) mass is 573 g/mol. The molecule has 7 heteroatoms. The number of nitrogens with zero attached hydrogens (tertiary/aromatic N) is 1. The summed E-state index contributed by atoms with van der Waals surface area (Å²) in [4.78, 5) is 4.84. The van der Waals surface area contributed by atoms with Crippen molar-refractivity contribution in [1.82, 2.24) is 10.6 Å². The first-order valence-electron chi connectivity index (χ1n) is 12.4. The van der Waals surface area contributed by atoms with Gasteiger partial charge in [0, 0.05) is 38.8 Å². The predicted octanol–water partition coefficient (Wildman–Crippen LogP) is 4.90. The van der Waals surface area contributed by atoms with Gasteiger partial charge in [-0.3, -0.25) is 0 Å². The van der Waals surface area contributed by atoms with E-state index in [2.05, 4.69) is 62.6 Å². The van der Waals surface area contributed by atoms with Gasteiger partial charge in [0.1, 0.15) is 0 Å². The number of nitrogens with one attached hydrogen (secondary N) is 2. The molecule has 33 heavy (non-hydrogen) atoms. The molecule has 0 aromatic heterocycles. The SMILES string of the molecule is CCNC(=NCc1cccc(COC2CCOCC2)c1)NCC1CCCOC1C(C)(C)C.I. The predicted molar refractivity (Wildman–Crippen MR) is 145 cm³/mol. The Labute approximate surface area is 217 Å². The van der Waals surface area contributed by atoms with Gasteiger partial charge in [-0.1, -0.05) is 45.0 Å². The zero-order valence-corrected chi connectivity index (χ0v) is 23.2. The fourth-order valence-electron chi connectivity index (χ4n) is 4.62. The molecular formula is C26H44IN3O3. The number of benzene rings is 1. The van der Waals surface area contributed by atoms with Gasteiger partial charge in [0.25, 0.3) is 0 Å². The molecule has 1 aromatic carbocycles. The van der Waals surface area contributed by atoms with Crippen LogP contribution in [-0.4, -0.2) is 51.1 Å². The van der Waals surface area contributed by atoms with Gasteiger partial charge in [-0.05, 0) is 49.1 Å². The minimum atomic E-state index is 0. The number of rotatable bonds is 8.